The molecule has 0 aliphatic carbocycles. The molecule has 1 aromatic rings. The van der Waals surface area contributed by atoms with Crippen LogP contribution < -0.4 is 10.2 Å². The number of hydrogen-bond acceptors (Lipinski definition) is 5. The Bertz CT molecular complexity index is 438. The summed E-state index contributed by atoms with van der Waals surface area (Å²) in [6, 6.07) is 0.149. The maximum Gasteiger partial charge on any atom is 0.225 e. The molecular formula is C14H22N4O2. The number of nitrogens with zero attached hydrogens (tertiary/aromatic N) is 3. The smallest absolute Gasteiger partial charge is 0.225 e. The first-order chi connectivity index (χ1) is 9.61. The fraction of sp³-hybridized carbons (Fsp3) is 0.643. The third kappa shape index (κ3) is 3.45. The highest BCUT2D eigenvalue weighted by atomic mass is 16.5. The lowest BCUT2D eigenvalue weighted by Crippen LogP contribution is -2.39. The number of hydrogen-bond donors (Lipinski definition) is 1. The van der Waals surface area contributed by atoms with Crippen molar-refractivity contribution in [2.24, 2.45) is 11.8 Å². The van der Waals surface area contributed by atoms with Crippen molar-refractivity contribution < 1.29 is 9.53 Å². The first-order valence-electron chi connectivity index (χ1n) is 6.92. The van der Waals surface area contributed by atoms with Gasteiger partial charge in [-0.25, -0.2) is 4.98 Å². The minimum absolute atomic E-state index is 0.0700. The molecule has 0 saturated carbocycles. The van der Waals surface area contributed by atoms with Gasteiger partial charge in [-0.3, -0.25) is 9.78 Å². The first-order valence-corrected chi connectivity index (χ1v) is 6.92. The average molecular weight is 278 g/mol. The van der Waals surface area contributed by atoms with Gasteiger partial charge in [0.05, 0.1) is 18.7 Å². The molecule has 0 radical (unpaired) electrons. The molecule has 2 rings (SSSR count). The number of rotatable bonds is 5. The second-order valence-corrected chi connectivity index (χ2v) is 5.45. The molecule has 0 spiro atoms. The zero-order chi connectivity index (χ0) is 14.5. The average Bonchev–Trinajstić information content (AvgIpc) is 2.83. The van der Waals surface area contributed by atoms with E-state index in [1.807, 2.05) is 13.8 Å². The van der Waals surface area contributed by atoms with Crippen molar-refractivity contribution in [2.45, 2.75) is 19.9 Å². The van der Waals surface area contributed by atoms with Crippen LogP contribution in [0.25, 0.3) is 0 Å². The van der Waals surface area contributed by atoms with E-state index < -0.39 is 0 Å². The Hall–Kier alpha value is -1.69. The van der Waals surface area contributed by atoms with Gasteiger partial charge in [0.2, 0.25) is 5.91 Å². The number of carbonyl (C=O) groups excluding carboxylic acids is 1. The molecule has 2 atom stereocenters. The molecule has 20 heavy (non-hydrogen) atoms. The number of aromatic nitrogens is 2. The van der Waals surface area contributed by atoms with Gasteiger partial charge in [-0.15, -0.1) is 0 Å². The lowest BCUT2D eigenvalue weighted by Gasteiger charge is -2.18. The first kappa shape index (κ1) is 14.7. The lowest BCUT2D eigenvalue weighted by atomic mass is 9.96. The fourth-order valence-electron chi connectivity index (χ4n) is 2.58. The van der Waals surface area contributed by atoms with Crippen molar-refractivity contribution >= 4 is 11.7 Å². The molecule has 1 amide bonds. The van der Waals surface area contributed by atoms with E-state index in [2.05, 4.69) is 20.2 Å². The van der Waals surface area contributed by atoms with Crippen LogP contribution in [-0.2, 0) is 9.53 Å². The highest BCUT2D eigenvalue weighted by Gasteiger charge is 2.38. The molecule has 110 valence electrons. The van der Waals surface area contributed by atoms with Crippen molar-refractivity contribution in [3.63, 3.8) is 0 Å². The molecule has 6 nitrogen and oxygen atoms in total. The molecule has 1 N–H and O–H groups in total. The molecule has 1 fully saturated rings. The Morgan fingerprint density at radius 3 is 2.90 bits per heavy atom. The second kappa shape index (κ2) is 6.65. The van der Waals surface area contributed by atoms with Crippen LogP contribution in [0.5, 0.6) is 0 Å². The predicted octanol–water partition coefficient (Wildman–Crippen LogP) is 0.700. The maximum absolute atomic E-state index is 12.3. The molecule has 0 aromatic carbocycles. The topological polar surface area (TPSA) is 67.3 Å². The third-order valence-corrected chi connectivity index (χ3v) is 3.46. The summed E-state index contributed by atoms with van der Waals surface area (Å²) in [7, 11) is 1.67. The van der Waals surface area contributed by atoms with Crippen LogP contribution in [0.1, 0.15) is 13.8 Å². The van der Waals surface area contributed by atoms with Crippen molar-refractivity contribution in [3.8, 4) is 0 Å². The van der Waals surface area contributed by atoms with Crippen LogP contribution in [0.15, 0.2) is 18.6 Å². The number of amides is 1. The van der Waals surface area contributed by atoms with Crippen molar-refractivity contribution in [3.05, 3.63) is 18.6 Å². The van der Waals surface area contributed by atoms with Crippen LogP contribution in [0.4, 0.5) is 5.82 Å². The van der Waals surface area contributed by atoms with E-state index in [1.165, 1.54) is 0 Å². The zero-order valence-electron chi connectivity index (χ0n) is 12.2. The van der Waals surface area contributed by atoms with Crippen LogP contribution in [-0.4, -0.2) is 48.7 Å². The number of methoxy groups -OCH3 is 1. The lowest BCUT2D eigenvalue weighted by molar-refractivity contribution is -0.126. The summed E-state index contributed by atoms with van der Waals surface area (Å²) in [6.07, 6.45) is 5.05. The normalized spacial score (nSPS) is 22.3. The van der Waals surface area contributed by atoms with E-state index in [4.69, 9.17) is 4.74 Å². The predicted molar refractivity (Wildman–Crippen MR) is 76.4 cm³/mol. The van der Waals surface area contributed by atoms with E-state index in [0.29, 0.717) is 13.2 Å². The van der Waals surface area contributed by atoms with Gasteiger partial charge in [-0.05, 0) is 13.8 Å². The number of ether oxygens (including phenoxy) is 1. The summed E-state index contributed by atoms with van der Waals surface area (Å²) in [5.41, 5.74) is 0. The quantitative estimate of drug-likeness (QED) is 0.859. The Balaban J connectivity index is 2.09. The van der Waals surface area contributed by atoms with Crippen LogP contribution in [0.2, 0.25) is 0 Å². The van der Waals surface area contributed by atoms with Gasteiger partial charge in [0.15, 0.2) is 0 Å². The van der Waals surface area contributed by atoms with Gasteiger partial charge in [0.25, 0.3) is 0 Å². The summed E-state index contributed by atoms with van der Waals surface area (Å²) < 4.78 is 5.25. The minimum atomic E-state index is -0.0700. The van der Waals surface area contributed by atoms with Gasteiger partial charge < -0.3 is 15.0 Å². The van der Waals surface area contributed by atoms with Gasteiger partial charge in [0.1, 0.15) is 5.82 Å². The Labute approximate surface area is 119 Å². The Morgan fingerprint density at radius 1 is 1.50 bits per heavy atom. The molecule has 1 aliphatic rings. The molecule has 6 heteroatoms. The molecule has 1 saturated heterocycles. The van der Waals surface area contributed by atoms with E-state index in [9.17, 15) is 4.79 Å². The second-order valence-electron chi connectivity index (χ2n) is 5.45. The highest BCUT2D eigenvalue weighted by Crippen LogP contribution is 2.27. The SMILES string of the molecule is COCC1CN(c2cnccn2)CC1C(=O)NC(C)C. The maximum atomic E-state index is 12.3. The van der Waals surface area contributed by atoms with E-state index in [0.717, 1.165) is 12.4 Å². The summed E-state index contributed by atoms with van der Waals surface area (Å²) >= 11 is 0. The zero-order valence-corrected chi connectivity index (χ0v) is 12.2. The van der Waals surface area contributed by atoms with Crippen LogP contribution >= 0.6 is 0 Å². The summed E-state index contributed by atoms with van der Waals surface area (Å²) in [6.45, 7) is 5.94. The highest BCUT2D eigenvalue weighted by molar-refractivity contribution is 5.80. The summed E-state index contributed by atoms with van der Waals surface area (Å²) in [5, 5.41) is 2.99. The van der Waals surface area contributed by atoms with Gasteiger partial charge >= 0.3 is 0 Å². The van der Waals surface area contributed by atoms with Crippen LogP contribution in [0.3, 0.4) is 0 Å². The standard InChI is InChI=1S/C14H22N4O2/c1-10(2)17-14(19)12-8-18(7-11(12)9-20-3)13-6-15-4-5-16-13/h4-6,10-12H,7-9H2,1-3H3,(H,17,19). The molecule has 2 heterocycles. The monoisotopic (exact) mass is 278 g/mol. The van der Waals surface area contributed by atoms with Crippen molar-refractivity contribution in [2.75, 3.05) is 31.7 Å². The Kier molecular flexibility index (Phi) is 4.89. The number of carbonyl (C=O) groups is 1. The van der Waals surface area contributed by atoms with E-state index >= 15 is 0 Å². The summed E-state index contributed by atoms with van der Waals surface area (Å²) in [4.78, 5) is 22.8. The molecule has 1 aliphatic heterocycles. The van der Waals surface area contributed by atoms with Crippen molar-refractivity contribution in [1.82, 2.24) is 15.3 Å². The fourth-order valence-corrected chi connectivity index (χ4v) is 2.58. The Morgan fingerprint density at radius 2 is 2.30 bits per heavy atom. The largest absolute Gasteiger partial charge is 0.384 e. The number of anilines is 1. The van der Waals surface area contributed by atoms with Gasteiger partial charge in [-0.2, -0.15) is 0 Å². The van der Waals surface area contributed by atoms with Crippen LogP contribution in [0, 0.1) is 11.8 Å². The molecular weight excluding hydrogens is 256 g/mol. The van der Waals surface area contributed by atoms with Gasteiger partial charge in [0, 0.05) is 44.6 Å². The van der Waals surface area contributed by atoms with Gasteiger partial charge in [-0.1, -0.05) is 0 Å². The summed E-state index contributed by atoms with van der Waals surface area (Å²) in [5.74, 6) is 1.02. The molecule has 1 aromatic heterocycles. The minimum Gasteiger partial charge on any atom is -0.384 e. The third-order valence-electron chi connectivity index (χ3n) is 3.46. The molecule has 0 bridgehead atoms. The molecule has 2 unspecified atom stereocenters. The van der Waals surface area contributed by atoms with E-state index in [-0.39, 0.29) is 23.8 Å². The number of nitrogens with one attached hydrogen (secondary N) is 1. The van der Waals surface area contributed by atoms with E-state index in [1.54, 1.807) is 25.7 Å². The van der Waals surface area contributed by atoms with Crippen molar-refractivity contribution in [1.29, 1.82) is 0 Å².